The van der Waals surface area contributed by atoms with Crippen LogP contribution in [0.15, 0.2) is 50.2 Å². The van der Waals surface area contributed by atoms with E-state index in [2.05, 4.69) is 15.9 Å². The van der Waals surface area contributed by atoms with Gasteiger partial charge >= 0.3 is 0 Å². The van der Waals surface area contributed by atoms with Crippen LogP contribution < -0.4 is 10.2 Å². The first-order valence-electron chi connectivity index (χ1n) is 7.80. The first-order chi connectivity index (χ1) is 13.3. The number of carbonyl (C=O) groups is 3. The van der Waals surface area contributed by atoms with E-state index in [-0.39, 0.29) is 9.23 Å². The van der Waals surface area contributed by atoms with E-state index in [0.717, 1.165) is 26.7 Å². The van der Waals surface area contributed by atoms with Gasteiger partial charge in [-0.1, -0.05) is 52.0 Å². The summed E-state index contributed by atoms with van der Waals surface area (Å²) in [5.41, 5.74) is 0.835. The molecule has 0 radical (unpaired) electrons. The minimum atomic E-state index is -1.74. The van der Waals surface area contributed by atoms with E-state index >= 15 is 0 Å². The number of nitrogens with zero attached hydrogens (tertiary/aromatic N) is 1. The van der Waals surface area contributed by atoms with E-state index in [1.54, 1.807) is 12.1 Å². The van der Waals surface area contributed by atoms with Gasteiger partial charge in [-0.15, -0.1) is 0 Å². The van der Waals surface area contributed by atoms with Gasteiger partial charge in [0.15, 0.2) is 0 Å². The Morgan fingerprint density at radius 2 is 1.89 bits per heavy atom. The first-order valence-corrected chi connectivity index (χ1v) is 9.81. The smallest absolute Gasteiger partial charge is 0.266 e. The summed E-state index contributed by atoms with van der Waals surface area (Å²) in [7, 11) is 0. The van der Waals surface area contributed by atoms with Crippen molar-refractivity contribution in [3.05, 3.63) is 51.5 Å². The second-order valence-electron chi connectivity index (χ2n) is 5.67. The molecule has 0 spiro atoms. The molecule has 1 aromatic carbocycles. The molecular formula is C18H10BrNO6S2-2. The van der Waals surface area contributed by atoms with Gasteiger partial charge in [-0.05, 0) is 24.3 Å². The fraction of sp³-hybridized carbons (Fsp3) is 0.111. The third-order valence-corrected chi connectivity index (χ3v) is 5.66. The highest BCUT2D eigenvalue weighted by Crippen LogP contribution is 2.35. The largest absolute Gasteiger partial charge is 0.550 e. The van der Waals surface area contributed by atoms with Gasteiger partial charge in [0.25, 0.3) is 5.91 Å². The number of carbonyl (C=O) groups excluding carboxylic acids is 3. The van der Waals surface area contributed by atoms with Crippen molar-refractivity contribution < 1.29 is 29.0 Å². The maximum absolute atomic E-state index is 12.6. The predicted molar refractivity (Wildman–Crippen MR) is 105 cm³/mol. The highest BCUT2D eigenvalue weighted by atomic mass is 79.9. The van der Waals surface area contributed by atoms with Crippen LogP contribution in [0.4, 0.5) is 0 Å². The van der Waals surface area contributed by atoms with E-state index in [9.17, 15) is 24.6 Å². The van der Waals surface area contributed by atoms with E-state index in [0.29, 0.717) is 11.5 Å². The molecule has 10 heteroatoms. The Balaban J connectivity index is 1.85. The molecule has 1 aliphatic rings. The summed E-state index contributed by atoms with van der Waals surface area (Å²) in [5, 5.41) is 22.0. The van der Waals surface area contributed by atoms with Gasteiger partial charge < -0.3 is 24.2 Å². The Labute approximate surface area is 177 Å². The quantitative estimate of drug-likeness (QED) is 0.447. The molecule has 3 rings (SSSR count). The number of halogens is 1. The molecular weight excluding hydrogens is 470 g/mol. The first kappa shape index (κ1) is 20.3. The van der Waals surface area contributed by atoms with E-state index in [1.807, 2.05) is 24.3 Å². The van der Waals surface area contributed by atoms with E-state index in [4.69, 9.17) is 16.6 Å². The molecule has 0 aliphatic carbocycles. The Kier molecular flexibility index (Phi) is 6.01. The normalized spacial score (nSPS) is 16.6. The number of carboxylic acid groups (broad SMARTS) is 2. The topological polar surface area (TPSA) is 114 Å². The van der Waals surface area contributed by atoms with Crippen LogP contribution in [0.3, 0.4) is 0 Å². The lowest BCUT2D eigenvalue weighted by molar-refractivity contribution is -0.319. The molecule has 2 aromatic rings. The van der Waals surface area contributed by atoms with Gasteiger partial charge in [0.2, 0.25) is 0 Å². The van der Waals surface area contributed by atoms with Crippen molar-refractivity contribution in [3.63, 3.8) is 0 Å². The molecule has 144 valence electrons. The second-order valence-corrected chi connectivity index (χ2v) is 8.26. The Bertz CT molecular complexity index is 998. The average Bonchev–Trinajstić information content (AvgIpc) is 3.19. The molecule has 7 nitrogen and oxygen atoms in total. The summed E-state index contributed by atoms with van der Waals surface area (Å²) in [6.45, 7) is 0. The monoisotopic (exact) mass is 479 g/mol. The summed E-state index contributed by atoms with van der Waals surface area (Å²) in [6, 6.07) is 9.09. The van der Waals surface area contributed by atoms with Crippen molar-refractivity contribution in [2.75, 3.05) is 0 Å². The number of carboxylic acids is 2. The van der Waals surface area contributed by atoms with Crippen molar-refractivity contribution >= 4 is 68.2 Å². The average molecular weight is 480 g/mol. The van der Waals surface area contributed by atoms with Gasteiger partial charge in [0.05, 0.1) is 16.9 Å². The van der Waals surface area contributed by atoms with E-state index < -0.39 is 30.3 Å². The highest BCUT2D eigenvalue weighted by Gasteiger charge is 2.38. The van der Waals surface area contributed by atoms with Crippen LogP contribution in [0.1, 0.15) is 12.2 Å². The molecule has 2 heterocycles. The Morgan fingerprint density at radius 3 is 2.50 bits per heavy atom. The highest BCUT2D eigenvalue weighted by molar-refractivity contribution is 9.10. The van der Waals surface area contributed by atoms with Gasteiger partial charge in [0, 0.05) is 28.5 Å². The molecule has 0 saturated carbocycles. The maximum atomic E-state index is 12.6. The number of amides is 1. The number of thioether (sulfide) groups is 1. The summed E-state index contributed by atoms with van der Waals surface area (Å²) in [6.07, 6.45) is 0.504. The fourth-order valence-electron chi connectivity index (χ4n) is 2.52. The van der Waals surface area contributed by atoms with Gasteiger partial charge in [-0.2, -0.15) is 0 Å². The standard InChI is InChI=1S/C18H12BrNO6S2/c19-10-3-1-9(2-4-10)13-6-5-11(26-13)7-14-16(23)20(18(27)28-14)12(17(24)25)8-15(21)22/h1-7,12H,8H2,(H,21,22)(H,24,25)/p-2/b14-7+/t12-/m1/s1. The van der Waals surface area contributed by atoms with Gasteiger partial charge in [-0.25, -0.2) is 0 Å². The molecule has 1 amide bonds. The van der Waals surface area contributed by atoms with Crippen LogP contribution in [-0.2, 0) is 14.4 Å². The minimum Gasteiger partial charge on any atom is -0.550 e. The zero-order valence-corrected chi connectivity index (χ0v) is 17.1. The zero-order chi connectivity index (χ0) is 20.4. The fourth-order valence-corrected chi connectivity index (χ4v) is 4.12. The Hall–Kier alpha value is -2.43. The number of thiocarbonyl (C=S) groups is 1. The number of aliphatic carboxylic acids is 2. The summed E-state index contributed by atoms with van der Waals surface area (Å²) in [5.74, 6) is -3.14. The number of hydrogen-bond acceptors (Lipinski definition) is 8. The lowest BCUT2D eigenvalue weighted by Crippen LogP contribution is -2.52. The zero-order valence-electron chi connectivity index (χ0n) is 13.9. The molecule has 1 aliphatic heterocycles. The summed E-state index contributed by atoms with van der Waals surface area (Å²) < 4.78 is 6.56. The number of benzene rings is 1. The summed E-state index contributed by atoms with van der Waals surface area (Å²) >= 11 is 9.25. The van der Waals surface area contributed by atoms with Crippen molar-refractivity contribution in [2.45, 2.75) is 12.5 Å². The second kappa shape index (κ2) is 8.29. The third-order valence-electron chi connectivity index (χ3n) is 3.80. The third kappa shape index (κ3) is 4.34. The van der Waals surface area contributed by atoms with Crippen LogP contribution in [0.2, 0.25) is 0 Å². The van der Waals surface area contributed by atoms with Crippen molar-refractivity contribution in [3.8, 4) is 11.3 Å². The minimum absolute atomic E-state index is 0.0774. The SMILES string of the molecule is O=C([O-])C[C@H](C(=O)[O-])N1C(=O)/C(=C\c2ccc(-c3ccc(Br)cc3)o2)SC1=S. The van der Waals surface area contributed by atoms with Crippen LogP contribution in [0.25, 0.3) is 17.4 Å². The number of hydrogen-bond donors (Lipinski definition) is 0. The van der Waals surface area contributed by atoms with Crippen molar-refractivity contribution in [1.82, 2.24) is 4.90 Å². The molecule has 1 atom stereocenters. The van der Waals surface area contributed by atoms with Crippen LogP contribution in [-0.4, -0.2) is 33.1 Å². The lowest BCUT2D eigenvalue weighted by Gasteiger charge is -2.27. The number of rotatable bonds is 6. The predicted octanol–water partition coefficient (Wildman–Crippen LogP) is 1.17. The number of furan rings is 1. The molecule has 0 unspecified atom stereocenters. The van der Waals surface area contributed by atoms with Crippen LogP contribution >= 0.6 is 39.9 Å². The maximum Gasteiger partial charge on any atom is 0.266 e. The molecule has 0 N–H and O–H groups in total. The van der Waals surface area contributed by atoms with Crippen molar-refractivity contribution in [2.24, 2.45) is 0 Å². The van der Waals surface area contributed by atoms with Crippen molar-refractivity contribution in [1.29, 1.82) is 0 Å². The van der Waals surface area contributed by atoms with Crippen LogP contribution in [0, 0.1) is 0 Å². The Morgan fingerprint density at radius 1 is 1.21 bits per heavy atom. The molecule has 0 bridgehead atoms. The molecule has 1 fully saturated rings. The lowest BCUT2D eigenvalue weighted by atomic mass is 10.2. The molecule has 1 saturated heterocycles. The van der Waals surface area contributed by atoms with Gasteiger partial charge in [0.1, 0.15) is 15.8 Å². The summed E-state index contributed by atoms with van der Waals surface area (Å²) in [4.78, 5) is 35.4. The molecule has 1 aromatic heterocycles. The molecule has 28 heavy (non-hydrogen) atoms. The van der Waals surface area contributed by atoms with Gasteiger partial charge in [-0.3, -0.25) is 9.69 Å². The van der Waals surface area contributed by atoms with E-state index in [1.165, 1.54) is 6.08 Å². The van der Waals surface area contributed by atoms with Crippen LogP contribution in [0.5, 0.6) is 0 Å².